The van der Waals surface area contributed by atoms with Gasteiger partial charge in [-0.25, -0.2) is 0 Å². The first-order valence-corrected chi connectivity index (χ1v) is 5.67. The summed E-state index contributed by atoms with van der Waals surface area (Å²) in [6.07, 6.45) is 4.14. The molecule has 0 aliphatic heterocycles. The maximum Gasteiger partial charge on any atom is 0.247 e. The molecule has 0 N–H and O–H groups in total. The fourth-order valence-corrected chi connectivity index (χ4v) is 1.46. The van der Waals surface area contributed by atoms with Gasteiger partial charge in [0, 0.05) is 12.6 Å². The number of amides is 1. The van der Waals surface area contributed by atoms with Gasteiger partial charge in [0.1, 0.15) is 6.54 Å². The maximum absolute atomic E-state index is 11.8. The number of rotatable bonds is 5. The number of carbonyl (C=O) groups excluding carboxylic acids is 1. The maximum atomic E-state index is 11.8. The molecule has 0 saturated carbocycles. The van der Waals surface area contributed by atoms with Gasteiger partial charge in [-0.3, -0.25) is 4.79 Å². The lowest BCUT2D eigenvalue weighted by molar-refractivity contribution is -0.125. The van der Waals surface area contributed by atoms with Gasteiger partial charge < -0.3 is 4.90 Å². The molecule has 0 radical (unpaired) electrons. The molecule has 0 fully saturated rings. The van der Waals surface area contributed by atoms with Gasteiger partial charge >= 0.3 is 0 Å². The lowest BCUT2D eigenvalue weighted by atomic mass is 10.2. The summed E-state index contributed by atoms with van der Waals surface area (Å²) in [5.74, 6) is -0.114. The number of hydrogen-bond donors (Lipinski definition) is 0. The molecule has 3 heteroatoms. The lowest BCUT2D eigenvalue weighted by Gasteiger charge is -2.16. The Morgan fingerprint density at radius 3 is 2.71 bits per heavy atom. The van der Waals surface area contributed by atoms with Gasteiger partial charge in [0.15, 0.2) is 0 Å². The van der Waals surface area contributed by atoms with Crippen LogP contribution in [0.2, 0.25) is 0 Å². The second-order valence-electron chi connectivity index (χ2n) is 3.66. The van der Waals surface area contributed by atoms with E-state index in [4.69, 9.17) is 5.26 Å². The minimum atomic E-state index is -0.114. The zero-order valence-electron chi connectivity index (χ0n) is 9.97. The third kappa shape index (κ3) is 4.52. The summed E-state index contributed by atoms with van der Waals surface area (Å²) in [5, 5.41) is 8.63. The van der Waals surface area contributed by atoms with E-state index >= 15 is 0 Å². The molecule has 0 heterocycles. The Labute approximate surface area is 102 Å². The van der Waals surface area contributed by atoms with Crippen molar-refractivity contribution >= 4 is 12.0 Å². The smallest absolute Gasteiger partial charge is 0.247 e. The van der Waals surface area contributed by atoms with Gasteiger partial charge in [-0.1, -0.05) is 37.3 Å². The van der Waals surface area contributed by atoms with Crippen LogP contribution in [0.5, 0.6) is 0 Å². The van der Waals surface area contributed by atoms with Crippen LogP contribution in [0.25, 0.3) is 6.08 Å². The van der Waals surface area contributed by atoms with Crippen LogP contribution >= 0.6 is 0 Å². The molecule has 1 aromatic rings. The topological polar surface area (TPSA) is 44.1 Å². The fourth-order valence-electron chi connectivity index (χ4n) is 1.46. The van der Waals surface area contributed by atoms with Crippen molar-refractivity contribution in [3.05, 3.63) is 42.0 Å². The van der Waals surface area contributed by atoms with Crippen LogP contribution in [0, 0.1) is 11.3 Å². The first-order valence-electron chi connectivity index (χ1n) is 5.67. The minimum Gasteiger partial charge on any atom is -0.326 e. The first-order chi connectivity index (χ1) is 8.27. The van der Waals surface area contributed by atoms with Crippen molar-refractivity contribution in [1.29, 1.82) is 5.26 Å². The summed E-state index contributed by atoms with van der Waals surface area (Å²) in [4.78, 5) is 13.3. The van der Waals surface area contributed by atoms with Crippen LogP contribution < -0.4 is 0 Å². The van der Waals surface area contributed by atoms with Crippen molar-refractivity contribution in [2.45, 2.75) is 13.3 Å². The zero-order valence-corrected chi connectivity index (χ0v) is 9.97. The number of hydrogen-bond acceptors (Lipinski definition) is 2. The first kappa shape index (κ1) is 13.0. The Bertz CT molecular complexity index is 418. The summed E-state index contributed by atoms with van der Waals surface area (Å²) in [6, 6.07) is 11.6. The van der Waals surface area contributed by atoms with E-state index in [1.807, 2.05) is 43.3 Å². The number of nitriles is 1. The predicted molar refractivity (Wildman–Crippen MR) is 68.0 cm³/mol. The molecule has 17 heavy (non-hydrogen) atoms. The minimum absolute atomic E-state index is 0.114. The second-order valence-corrected chi connectivity index (χ2v) is 3.66. The van der Waals surface area contributed by atoms with E-state index in [9.17, 15) is 4.79 Å². The number of benzene rings is 1. The summed E-state index contributed by atoms with van der Waals surface area (Å²) in [5.41, 5.74) is 0.981. The summed E-state index contributed by atoms with van der Waals surface area (Å²) in [7, 11) is 0. The monoisotopic (exact) mass is 228 g/mol. The van der Waals surface area contributed by atoms with E-state index in [1.54, 1.807) is 11.0 Å². The van der Waals surface area contributed by atoms with Crippen molar-refractivity contribution in [3.8, 4) is 6.07 Å². The zero-order chi connectivity index (χ0) is 12.5. The van der Waals surface area contributed by atoms with Gasteiger partial charge in [-0.15, -0.1) is 0 Å². The average Bonchev–Trinajstić information content (AvgIpc) is 2.37. The Hall–Kier alpha value is -2.08. The third-order valence-electron chi connectivity index (χ3n) is 2.28. The molecular formula is C14H16N2O. The standard InChI is InChI=1S/C14H16N2O/c1-2-11-16(12-10-15)14(17)9-8-13-6-4-3-5-7-13/h3-9H,2,11-12H2,1H3. The van der Waals surface area contributed by atoms with Gasteiger partial charge in [0.05, 0.1) is 6.07 Å². The highest BCUT2D eigenvalue weighted by atomic mass is 16.2. The predicted octanol–water partition coefficient (Wildman–Crippen LogP) is 2.46. The molecule has 0 spiro atoms. The van der Waals surface area contributed by atoms with E-state index in [0.29, 0.717) is 6.54 Å². The second kappa shape index (κ2) is 7.24. The van der Waals surface area contributed by atoms with E-state index in [1.165, 1.54) is 6.08 Å². The van der Waals surface area contributed by atoms with Gasteiger partial charge in [-0.05, 0) is 18.1 Å². The largest absolute Gasteiger partial charge is 0.326 e. The van der Waals surface area contributed by atoms with E-state index in [0.717, 1.165) is 12.0 Å². The molecule has 1 aromatic carbocycles. The van der Waals surface area contributed by atoms with E-state index in [-0.39, 0.29) is 12.5 Å². The Balaban J connectivity index is 2.64. The molecular weight excluding hydrogens is 212 g/mol. The molecule has 1 rings (SSSR count). The Kier molecular flexibility index (Phi) is 5.53. The third-order valence-corrected chi connectivity index (χ3v) is 2.28. The molecule has 88 valence electrons. The van der Waals surface area contributed by atoms with Crippen molar-refractivity contribution in [2.24, 2.45) is 0 Å². The summed E-state index contributed by atoms with van der Waals surface area (Å²) < 4.78 is 0. The van der Waals surface area contributed by atoms with Gasteiger partial charge in [0.2, 0.25) is 5.91 Å². The highest BCUT2D eigenvalue weighted by Crippen LogP contribution is 2.02. The Morgan fingerprint density at radius 2 is 2.12 bits per heavy atom. The van der Waals surface area contributed by atoms with Crippen molar-refractivity contribution in [3.63, 3.8) is 0 Å². The molecule has 3 nitrogen and oxygen atoms in total. The molecule has 0 aliphatic rings. The van der Waals surface area contributed by atoms with Crippen LogP contribution in [-0.2, 0) is 4.79 Å². The van der Waals surface area contributed by atoms with Crippen molar-refractivity contribution in [1.82, 2.24) is 4.90 Å². The van der Waals surface area contributed by atoms with Crippen LogP contribution in [0.3, 0.4) is 0 Å². The number of nitrogens with zero attached hydrogens (tertiary/aromatic N) is 2. The molecule has 0 bridgehead atoms. The normalized spacial score (nSPS) is 10.1. The fraction of sp³-hybridized carbons (Fsp3) is 0.286. The van der Waals surface area contributed by atoms with Gasteiger partial charge in [-0.2, -0.15) is 5.26 Å². The Morgan fingerprint density at radius 1 is 1.41 bits per heavy atom. The summed E-state index contributed by atoms with van der Waals surface area (Å²) >= 11 is 0. The van der Waals surface area contributed by atoms with Gasteiger partial charge in [0.25, 0.3) is 0 Å². The van der Waals surface area contributed by atoms with E-state index in [2.05, 4.69) is 0 Å². The molecule has 0 aromatic heterocycles. The van der Waals surface area contributed by atoms with Crippen molar-refractivity contribution < 1.29 is 4.79 Å². The van der Waals surface area contributed by atoms with Crippen LogP contribution in [0.4, 0.5) is 0 Å². The van der Waals surface area contributed by atoms with Crippen molar-refractivity contribution in [2.75, 3.05) is 13.1 Å². The number of carbonyl (C=O) groups is 1. The summed E-state index contributed by atoms with van der Waals surface area (Å²) in [6.45, 7) is 2.75. The van der Waals surface area contributed by atoms with Crippen LogP contribution in [0.15, 0.2) is 36.4 Å². The quantitative estimate of drug-likeness (QED) is 0.574. The van der Waals surface area contributed by atoms with Crippen LogP contribution in [0.1, 0.15) is 18.9 Å². The van der Waals surface area contributed by atoms with E-state index < -0.39 is 0 Å². The molecule has 0 aliphatic carbocycles. The highest BCUT2D eigenvalue weighted by Gasteiger charge is 2.07. The molecule has 0 atom stereocenters. The SMILES string of the molecule is CCCN(CC#N)C(=O)C=Cc1ccccc1. The molecule has 0 saturated heterocycles. The highest BCUT2D eigenvalue weighted by molar-refractivity contribution is 5.91. The molecule has 1 amide bonds. The van der Waals surface area contributed by atoms with Crippen LogP contribution in [-0.4, -0.2) is 23.9 Å². The molecule has 0 unspecified atom stereocenters. The lowest BCUT2D eigenvalue weighted by Crippen LogP contribution is -2.30. The average molecular weight is 228 g/mol.